The zero-order valence-corrected chi connectivity index (χ0v) is 15.9. The van der Waals surface area contributed by atoms with Gasteiger partial charge in [-0.05, 0) is 30.7 Å². The molecule has 0 atom stereocenters. The molecule has 0 saturated heterocycles. The Bertz CT molecular complexity index is 1010. The number of carbonyl (C=O) groups is 2. The highest BCUT2D eigenvalue weighted by molar-refractivity contribution is 5.96. The molecule has 2 heterocycles. The molecule has 0 aliphatic carbocycles. The minimum absolute atomic E-state index is 0.0165. The summed E-state index contributed by atoms with van der Waals surface area (Å²) in [6.07, 6.45) is 1.81. The van der Waals surface area contributed by atoms with Crippen molar-refractivity contribution in [2.24, 2.45) is 0 Å². The predicted octanol–water partition coefficient (Wildman–Crippen LogP) is 4.42. The molecule has 1 amide bonds. The molecule has 0 bridgehead atoms. The van der Waals surface area contributed by atoms with Crippen LogP contribution < -0.4 is 0 Å². The van der Waals surface area contributed by atoms with Gasteiger partial charge in [-0.2, -0.15) is 0 Å². The van der Waals surface area contributed by atoms with Crippen molar-refractivity contribution < 1.29 is 18.5 Å². The van der Waals surface area contributed by atoms with Crippen LogP contribution in [0.15, 0.2) is 59.1 Å². The Morgan fingerprint density at radius 3 is 2.55 bits per heavy atom. The third-order valence-corrected chi connectivity index (χ3v) is 5.19. The Balaban J connectivity index is 1.37. The van der Waals surface area contributed by atoms with Crippen LogP contribution >= 0.6 is 0 Å². The summed E-state index contributed by atoms with van der Waals surface area (Å²) in [5, 5.41) is 4.12. The second kappa shape index (κ2) is 8.39. The smallest absolute Gasteiger partial charge is 0.222 e. The largest absolute Gasteiger partial charge is 0.356 e. The monoisotopic (exact) mass is 392 g/mol. The molecule has 1 aliphatic rings. The number of benzene rings is 2. The minimum Gasteiger partial charge on any atom is -0.356 e. The number of nitrogens with zero attached hydrogens (tertiary/aromatic N) is 2. The molecule has 4 rings (SSSR count). The summed E-state index contributed by atoms with van der Waals surface area (Å²) >= 11 is 0. The summed E-state index contributed by atoms with van der Waals surface area (Å²) in [4.78, 5) is 26.6. The lowest BCUT2D eigenvalue weighted by molar-refractivity contribution is -0.132. The zero-order chi connectivity index (χ0) is 20.2. The Morgan fingerprint density at radius 2 is 1.79 bits per heavy atom. The van der Waals surface area contributed by atoms with Gasteiger partial charge in [-0.1, -0.05) is 35.5 Å². The number of ketones is 1. The van der Waals surface area contributed by atoms with Gasteiger partial charge in [-0.25, -0.2) is 4.39 Å². The number of hydrogen-bond donors (Lipinski definition) is 0. The van der Waals surface area contributed by atoms with Gasteiger partial charge in [0.25, 0.3) is 0 Å². The molecule has 6 heteroatoms. The van der Waals surface area contributed by atoms with Crippen LogP contribution in [0.4, 0.5) is 4.39 Å². The van der Waals surface area contributed by atoms with Crippen LogP contribution in [-0.2, 0) is 17.8 Å². The first-order valence-electron chi connectivity index (χ1n) is 9.71. The summed E-state index contributed by atoms with van der Waals surface area (Å²) < 4.78 is 18.7. The van der Waals surface area contributed by atoms with Gasteiger partial charge in [0.05, 0.1) is 12.2 Å². The van der Waals surface area contributed by atoms with Crippen molar-refractivity contribution in [3.05, 3.63) is 77.2 Å². The second-order valence-corrected chi connectivity index (χ2v) is 7.15. The SMILES string of the molecule is O=C(CCCC(=O)N1CCc2noc(-c3ccc(F)cc3)c2C1)c1ccccc1. The van der Waals surface area contributed by atoms with Crippen molar-refractivity contribution >= 4 is 11.7 Å². The van der Waals surface area contributed by atoms with Crippen LogP contribution in [0.5, 0.6) is 0 Å². The van der Waals surface area contributed by atoms with Gasteiger partial charge in [-0.15, -0.1) is 0 Å². The van der Waals surface area contributed by atoms with Crippen LogP contribution in [0.3, 0.4) is 0 Å². The first kappa shape index (κ1) is 19.1. The highest BCUT2D eigenvalue weighted by Crippen LogP contribution is 2.31. The molecule has 3 aromatic rings. The molecule has 1 aliphatic heterocycles. The number of carbonyl (C=O) groups excluding carboxylic acids is 2. The van der Waals surface area contributed by atoms with E-state index in [1.807, 2.05) is 18.2 Å². The third-order valence-electron chi connectivity index (χ3n) is 5.19. The van der Waals surface area contributed by atoms with Crippen molar-refractivity contribution in [3.63, 3.8) is 0 Å². The van der Waals surface area contributed by atoms with Gasteiger partial charge in [0.15, 0.2) is 11.5 Å². The number of fused-ring (bicyclic) bond motifs is 1. The van der Waals surface area contributed by atoms with E-state index in [4.69, 9.17) is 4.52 Å². The van der Waals surface area contributed by atoms with Gasteiger partial charge >= 0.3 is 0 Å². The van der Waals surface area contributed by atoms with Crippen LogP contribution in [0.1, 0.15) is 40.9 Å². The summed E-state index contributed by atoms with van der Waals surface area (Å²) in [5.41, 5.74) is 3.13. The fourth-order valence-electron chi connectivity index (χ4n) is 3.58. The molecule has 29 heavy (non-hydrogen) atoms. The van der Waals surface area contributed by atoms with Crippen molar-refractivity contribution in [2.45, 2.75) is 32.2 Å². The lowest BCUT2D eigenvalue weighted by Crippen LogP contribution is -2.35. The molecule has 0 unspecified atom stereocenters. The van der Waals surface area contributed by atoms with Gasteiger partial charge < -0.3 is 9.42 Å². The Labute approximate surface area is 168 Å². The van der Waals surface area contributed by atoms with Crippen LogP contribution in [0.25, 0.3) is 11.3 Å². The molecule has 0 N–H and O–H groups in total. The topological polar surface area (TPSA) is 63.4 Å². The third kappa shape index (κ3) is 4.26. The number of halogens is 1. The first-order chi connectivity index (χ1) is 14.1. The van der Waals surface area contributed by atoms with E-state index < -0.39 is 0 Å². The van der Waals surface area contributed by atoms with Crippen LogP contribution in [0.2, 0.25) is 0 Å². The van der Waals surface area contributed by atoms with E-state index in [-0.39, 0.29) is 17.5 Å². The normalized spacial score (nSPS) is 13.2. The summed E-state index contributed by atoms with van der Waals surface area (Å²) in [5.74, 6) is 0.334. The van der Waals surface area contributed by atoms with Gasteiger partial charge in [0.1, 0.15) is 5.82 Å². The van der Waals surface area contributed by atoms with E-state index in [0.29, 0.717) is 50.1 Å². The molecule has 1 aromatic heterocycles. The predicted molar refractivity (Wildman–Crippen MR) is 106 cm³/mol. The molecule has 2 aromatic carbocycles. The fraction of sp³-hybridized carbons (Fsp3) is 0.261. The molecule has 0 saturated carbocycles. The van der Waals surface area contributed by atoms with Crippen molar-refractivity contribution in [3.8, 4) is 11.3 Å². The number of aromatic nitrogens is 1. The highest BCUT2D eigenvalue weighted by atomic mass is 19.1. The van der Waals surface area contributed by atoms with E-state index in [9.17, 15) is 14.0 Å². The molecule has 5 nitrogen and oxygen atoms in total. The molecule has 0 spiro atoms. The van der Waals surface area contributed by atoms with Crippen LogP contribution in [-0.4, -0.2) is 28.3 Å². The highest BCUT2D eigenvalue weighted by Gasteiger charge is 2.27. The maximum atomic E-state index is 13.2. The zero-order valence-electron chi connectivity index (χ0n) is 15.9. The Kier molecular flexibility index (Phi) is 5.51. The summed E-state index contributed by atoms with van der Waals surface area (Å²) in [6.45, 7) is 0.991. The van der Waals surface area contributed by atoms with E-state index in [2.05, 4.69) is 5.16 Å². The Morgan fingerprint density at radius 1 is 1.03 bits per heavy atom. The molecular weight excluding hydrogens is 371 g/mol. The fourth-order valence-corrected chi connectivity index (χ4v) is 3.58. The average Bonchev–Trinajstić information content (AvgIpc) is 3.18. The second-order valence-electron chi connectivity index (χ2n) is 7.15. The number of Topliss-reactive ketones (excluding diaryl/α,β-unsaturated/α-hetero) is 1. The Hall–Kier alpha value is -3.28. The van der Waals surface area contributed by atoms with E-state index >= 15 is 0 Å². The van der Waals surface area contributed by atoms with E-state index in [0.717, 1.165) is 16.8 Å². The van der Waals surface area contributed by atoms with Crippen molar-refractivity contribution in [2.75, 3.05) is 6.54 Å². The number of amides is 1. The summed E-state index contributed by atoms with van der Waals surface area (Å²) in [6, 6.07) is 15.2. The van der Waals surface area contributed by atoms with Gasteiger partial charge in [0.2, 0.25) is 5.91 Å². The minimum atomic E-state index is -0.316. The molecular formula is C23H21FN2O3. The summed E-state index contributed by atoms with van der Waals surface area (Å²) in [7, 11) is 0. The van der Waals surface area contributed by atoms with Crippen molar-refractivity contribution in [1.82, 2.24) is 10.1 Å². The average molecular weight is 392 g/mol. The van der Waals surface area contributed by atoms with Crippen LogP contribution in [0, 0.1) is 5.82 Å². The standard InChI is InChI=1S/C23H21FN2O3/c24-18-11-9-17(10-12-18)23-19-15-26(14-13-20(19)25-29-23)22(28)8-4-7-21(27)16-5-2-1-3-6-16/h1-3,5-6,9-12H,4,7-8,13-15H2. The molecule has 0 radical (unpaired) electrons. The van der Waals surface area contributed by atoms with Gasteiger partial charge in [0, 0.05) is 42.5 Å². The lowest BCUT2D eigenvalue weighted by atomic mass is 10.0. The van der Waals surface area contributed by atoms with Crippen molar-refractivity contribution in [1.29, 1.82) is 0 Å². The number of hydrogen-bond acceptors (Lipinski definition) is 4. The first-order valence-corrected chi connectivity index (χ1v) is 9.71. The maximum Gasteiger partial charge on any atom is 0.222 e. The van der Waals surface area contributed by atoms with E-state index in [1.165, 1.54) is 12.1 Å². The van der Waals surface area contributed by atoms with Gasteiger partial charge in [-0.3, -0.25) is 9.59 Å². The van der Waals surface area contributed by atoms with E-state index in [1.54, 1.807) is 29.2 Å². The lowest BCUT2D eigenvalue weighted by Gasteiger charge is -2.26. The molecule has 0 fully saturated rings. The maximum absolute atomic E-state index is 13.2. The molecule has 148 valence electrons. The quantitative estimate of drug-likeness (QED) is 0.583. The number of rotatable bonds is 6.